The molecule has 0 aromatic heterocycles. The van der Waals surface area contributed by atoms with Gasteiger partial charge in [-0.2, -0.15) is 0 Å². The fourth-order valence-electron chi connectivity index (χ4n) is 12.3. The van der Waals surface area contributed by atoms with Crippen LogP contribution >= 0.6 is 0 Å². The fourth-order valence-corrected chi connectivity index (χ4v) is 12.3. The standard InChI is InChI=1S/C54H79N3O43/c1-10(63)55-20-25(69)35(92-51-23(67)13(66)4-14(87-51)44(78)79)17(7-60)88-48(20)96-39-29(73)32(76)53(99-42(39)46(82)83)94-37-19(9-62)90-50(22(27(37)71)57-12(3)65)97-40-30(74)33(77)54(100-43(40)47(84)85)93-36-18(8-61)89-49(21(26(36)70)56-11(2)64)95-38-28(72)31(75)52(98-41(38)45(80)81)91-34-16(6-59)86-15(5-58)24(34)68/h4-5,13,15-43,48-54,59-62,66-77H,6-9H2,1-3H3,(H,55,63)(H,56,64)(H,57,65)(H,78,79)(H,80,81)(H,82,83)(H,84,85)/t13-,15+,16+,17+,18+,19+,20+,21+,22+,23+,24+,25+,26+,27+,28?,29?,30?,31?,32?,33?,34+,35+,36+,37+,38?,39?,40?,41?,42?,43?,48+,49+,50+,51-,52?,53?,54?/m0/s1. The minimum atomic E-state index is -2.55. The summed E-state index contributed by atoms with van der Waals surface area (Å²) >= 11 is 0. The van der Waals surface area contributed by atoms with Crippen molar-refractivity contribution in [2.75, 3.05) is 26.4 Å². The van der Waals surface area contributed by atoms with Crippen molar-refractivity contribution in [3.8, 4) is 0 Å². The molecule has 37 atom stereocenters. The number of carbonyl (C=O) groups excluding carboxylic acids is 4. The molecule has 8 heterocycles. The van der Waals surface area contributed by atoms with E-state index in [1.54, 1.807) is 0 Å². The van der Waals surface area contributed by atoms with E-state index in [1.165, 1.54) is 0 Å². The SMILES string of the molecule is CC(=O)N[C@H]1[C@@H](OC2C(C(=O)O)OC(O[C@H]3[C@H](O)[C@@H](NC(C)=O)[C@@H](OC4C(C(=O)O)OC(O[C@H]5[C@H](O)[C@@H](C=O)O[C@@H]5CO)C(O)C4O)O[C@@H]3CO)C(O)C2O)O[C@H](CO)[C@@H](OC2OC(C(=O)O)C(O[C@H]3O[C@H](CO)[C@@H](O[C@@H]4OC(C(=O)O)=C[C@H](O)[C@H]4O)[C@H](O)[C@H]3NC(C)=O)C(O)C2O)[C@@H]1O. The normalized spacial score (nSPS) is 46.0. The summed E-state index contributed by atoms with van der Waals surface area (Å²) in [6, 6.07) is -5.95. The number of aldehydes is 1. The van der Waals surface area contributed by atoms with Gasteiger partial charge in [0.05, 0.1) is 26.4 Å². The first-order valence-corrected chi connectivity index (χ1v) is 30.4. The van der Waals surface area contributed by atoms with Crippen LogP contribution in [0.3, 0.4) is 0 Å². The molecule has 3 amide bonds. The number of hydrogen-bond acceptors (Lipinski definition) is 39. The van der Waals surface area contributed by atoms with E-state index in [4.69, 9.17) is 71.1 Å². The lowest BCUT2D eigenvalue weighted by molar-refractivity contribution is -0.380. The summed E-state index contributed by atoms with van der Waals surface area (Å²) in [5.74, 6) is -11.6. The minimum Gasteiger partial charge on any atom is -0.479 e. The number of ether oxygens (including phenoxy) is 15. The first-order valence-electron chi connectivity index (χ1n) is 30.4. The third-order valence-corrected chi connectivity index (χ3v) is 17.2. The molecule has 15 unspecified atom stereocenters. The number of aliphatic carboxylic acids is 4. The highest BCUT2D eigenvalue weighted by molar-refractivity contribution is 5.84. The number of carboxylic acid groups (broad SMARTS) is 4. The molecule has 7 fully saturated rings. The third-order valence-electron chi connectivity index (χ3n) is 17.2. The molecule has 46 nitrogen and oxygen atoms in total. The van der Waals surface area contributed by atoms with Crippen molar-refractivity contribution in [2.45, 2.75) is 248 Å². The summed E-state index contributed by atoms with van der Waals surface area (Å²) in [5.41, 5.74) is 0. The summed E-state index contributed by atoms with van der Waals surface area (Å²) < 4.78 is 83.8. The van der Waals surface area contributed by atoms with Crippen LogP contribution in [0.2, 0.25) is 0 Å². The summed E-state index contributed by atoms with van der Waals surface area (Å²) in [6.45, 7) is -1.80. The van der Waals surface area contributed by atoms with Gasteiger partial charge in [-0.05, 0) is 6.08 Å². The lowest BCUT2D eigenvalue weighted by Gasteiger charge is -2.50. The first-order chi connectivity index (χ1) is 47.1. The second-order valence-corrected chi connectivity index (χ2v) is 24.0. The Morgan fingerprint density at radius 2 is 0.650 bits per heavy atom. The quantitative estimate of drug-likeness (QED) is 0.0358. The number of carbonyl (C=O) groups is 8. The van der Waals surface area contributed by atoms with Gasteiger partial charge in [-0.15, -0.1) is 0 Å². The summed E-state index contributed by atoms with van der Waals surface area (Å²) in [4.78, 5) is 99.4. The Hall–Kier alpha value is -5.70. The van der Waals surface area contributed by atoms with E-state index in [2.05, 4.69) is 16.0 Å². The van der Waals surface area contributed by atoms with Crippen molar-refractivity contribution in [2.24, 2.45) is 0 Å². The van der Waals surface area contributed by atoms with E-state index in [1.807, 2.05) is 0 Å². The molecule has 46 heteroatoms. The van der Waals surface area contributed by atoms with E-state index < -0.39 is 301 Å². The zero-order chi connectivity index (χ0) is 74.0. The third kappa shape index (κ3) is 17.1. The van der Waals surface area contributed by atoms with Gasteiger partial charge < -0.3 is 194 Å². The van der Waals surface area contributed by atoms with Crippen LogP contribution in [-0.2, 0) is 109 Å². The van der Waals surface area contributed by atoms with Crippen molar-refractivity contribution in [1.82, 2.24) is 16.0 Å². The van der Waals surface area contributed by atoms with Crippen LogP contribution in [0.4, 0.5) is 0 Å². The van der Waals surface area contributed by atoms with Crippen LogP contribution in [0.5, 0.6) is 0 Å². The number of rotatable bonds is 26. The summed E-state index contributed by atoms with van der Waals surface area (Å²) in [6.07, 6.45) is -73.0. The Balaban J connectivity index is 0.948. The van der Waals surface area contributed by atoms with Gasteiger partial charge in [-0.3, -0.25) is 14.4 Å². The van der Waals surface area contributed by atoms with E-state index in [0.29, 0.717) is 6.08 Å². The van der Waals surface area contributed by atoms with Crippen LogP contribution in [-0.4, -0.2) is 403 Å². The van der Waals surface area contributed by atoms with Gasteiger partial charge in [0.25, 0.3) is 0 Å². The Bertz CT molecular complexity index is 2880. The van der Waals surface area contributed by atoms with Crippen LogP contribution in [0.25, 0.3) is 0 Å². The number of carboxylic acids is 4. The van der Waals surface area contributed by atoms with E-state index in [-0.39, 0.29) is 6.29 Å². The van der Waals surface area contributed by atoms with E-state index in [9.17, 15) is 140 Å². The van der Waals surface area contributed by atoms with Crippen molar-refractivity contribution in [1.29, 1.82) is 0 Å². The Morgan fingerprint density at radius 1 is 0.370 bits per heavy atom. The lowest BCUT2D eigenvalue weighted by Crippen LogP contribution is -2.71. The number of hydrogen-bond donors (Lipinski definition) is 23. The highest BCUT2D eigenvalue weighted by atomic mass is 16.8. The summed E-state index contributed by atoms with van der Waals surface area (Å²) in [5, 5.41) is 224. The molecule has 0 saturated carbocycles. The molecule has 8 aliphatic rings. The maximum Gasteiger partial charge on any atom is 0.371 e. The molecule has 8 aliphatic heterocycles. The summed E-state index contributed by atoms with van der Waals surface area (Å²) in [7, 11) is 0. The average Bonchev–Trinajstić information content (AvgIpc) is 0.879. The fraction of sp³-hybridized carbons (Fsp3) is 0.815. The van der Waals surface area contributed by atoms with Crippen molar-refractivity contribution >= 4 is 47.9 Å². The Morgan fingerprint density at radius 3 is 0.920 bits per heavy atom. The average molecular weight is 1460 g/mol. The van der Waals surface area contributed by atoms with Crippen LogP contribution in [0, 0.1) is 0 Å². The largest absolute Gasteiger partial charge is 0.479 e. The second kappa shape index (κ2) is 33.8. The van der Waals surface area contributed by atoms with E-state index >= 15 is 0 Å². The molecule has 568 valence electrons. The van der Waals surface area contributed by atoms with Gasteiger partial charge in [-0.25, -0.2) is 19.2 Å². The monoisotopic (exact) mass is 1460 g/mol. The molecule has 100 heavy (non-hydrogen) atoms. The second-order valence-electron chi connectivity index (χ2n) is 24.0. The van der Waals surface area contributed by atoms with Crippen LogP contribution in [0.1, 0.15) is 20.8 Å². The smallest absolute Gasteiger partial charge is 0.371 e. The van der Waals surface area contributed by atoms with Gasteiger partial charge in [0, 0.05) is 20.8 Å². The highest BCUT2D eigenvalue weighted by Crippen LogP contribution is 2.39. The number of aliphatic hydroxyl groups is 16. The molecule has 0 bridgehead atoms. The molecule has 7 saturated heterocycles. The lowest BCUT2D eigenvalue weighted by atomic mass is 9.93. The Labute approximate surface area is 560 Å². The minimum absolute atomic E-state index is 0.167. The molecule has 8 rings (SSSR count). The maximum atomic E-state index is 13.0. The molecule has 23 N–H and O–H groups in total. The zero-order valence-electron chi connectivity index (χ0n) is 52.2. The molecule has 0 aliphatic carbocycles. The first kappa shape index (κ1) is 80.0. The Kier molecular flexibility index (Phi) is 27.1. The predicted molar refractivity (Wildman–Crippen MR) is 298 cm³/mol. The van der Waals surface area contributed by atoms with Gasteiger partial charge in [0.15, 0.2) is 62.3 Å². The van der Waals surface area contributed by atoms with Crippen molar-refractivity contribution in [3.05, 3.63) is 11.8 Å². The van der Waals surface area contributed by atoms with Crippen molar-refractivity contribution in [3.63, 3.8) is 0 Å². The van der Waals surface area contributed by atoms with Gasteiger partial charge in [0.2, 0.25) is 29.8 Å². The number of nitrogens with one attached hydrogen (secondary N) is 3. The maximum absolute atomic E-state index is 13.0. The van der Waals surface area contributed by atoms with Crippen LogP contribution in [0.15, 0.2) is 11.8 Å². The number of amides is 3. The highest BCUT2D eigenvalue weighted by Gasteiger charge is 2.61. The molecule has 0 aromatic rings. The molecule has 0 spiro atoms. The van der Waals surface area contributed by atoms with Crippen LogP contribution < -0.4 is 16.0 Å². The topological polar surface area (TPSA) is 716 Å². The predicted octanol–water partition coefficient (Wildman–Crippen LogP) is -15.6. The van der Waals surface area contributed by atoms with Gasteiger partial charge in [-0.1, -0.05) is 0 Å². The molecular formula is C54H79N3O43. The van der Waals surface area contributed by atoms with Crippen molar-refractivity contribution < 1.29 is 212 Å². The number of aliphatic hydroxyl groups excluding tert-OH is 16. The van der Waals surface area contributed by atoms with E-state index in [0.717, 1.165) is 20.8 Å². The molecule has 0 radical (unpaired) electrons. The van der Waals surface area contributed by atoms with Gasteiger partial charge >= 0.3 is 23.9 Å². The molecule has 0 aromatic carbocycles. The zero-order valence-corrected chi connectivity index (χ0v) is 52.2. The van der Waals surface area contributed by atoms with Gasteiger partial charge in [0.1, 0.15) is 165 Å². The molecular weight excluding hydrogens is 1380 g/mol.